The molecule has 2 atom stereocenters. The van der Waals surface area contributed by atoms with Gasteiger partial charge in [0.15, 0.2) is 0 Å². The van der Waals surface area contributed by atoms with Gasteiger partial charge in [-0.25, -0.2) is 0 Å². The van der Waals surface area contributed by atoms with Crippen LogP contribution in [0.1, 0.15) is 49.3 Å². The highest BCUT2D eigenvalue weighted by atomic mass is 35.5. The van der Waals surface area contributed by atoms with Crippen LogP contribution in [0.3, 0.4) is 0 Å². The molecule has 2 N–H and O–H groups in total. The first-order valence-electron chi connectivity index (χ1n) is 10.4. The van der Waals surface area contributed by atoms with Crippen molar-refractivity contribution >= 4 is 23.2 Å². The summed E-state index contributed by atoms with van der Waals surface area (Å²) in [6, 6.07) is 12.4. The van der Waals surface area contributed by atoms with Gasteiger partial charge in [-0.15, -0.1) is 11.6 Å². The summed E-state index contributed by atoms with van der Waals surface area (Å²) in [6.45, 7) is 0. The Labute approximate surface area is 185 Å². The molecule has 168 valence electrons. The van der Waals surface area contributed by atoms with Gasteiger partial charge in [0, 0.05) is 11.7 Å². The Morgan fingerprint density at radius 3 is 2.39 bits per heavy atom. The predicted octanol–water partition coefficient (Wildman–Crippen LogP) is 5.26. The molecule has 0 bridgehead atoms. The highest BCUT2D eigenvalue weighted by Gasteiger charge is 2.36. The summed E-state index contributed by atoms with van der Waals surface area (Å²) >= 11 is 5.84. The van der Waals surface area contributed by atoms with E-state index in [0.29, 0.717) is 5.56 Å². The van der Waals surface area contributed by atoms with Crippen molar-refractivity contribution in [3.8, 4) is 0 Å². The average molecular weight is 455 g/mol. The van der Waals surface area contributed by atoms with Gasteiger partial charge in [-0.1, -0.05) is 55.7 Å². The largest absolute Gasteiger partial charge is 0.416 e. The zero-order valence-corrected chi connectivity index (χ0v) is 17.7. The Bertz CT molecular complexity index is 857. The molecule has 1 amide bonds. The van der Waals surface area contributed by atoms with Crippen LogP contribution >= 0.6 is 11.6 Å². The molecule has 1 saturated carbocycles. The number of benzene rings is 2. The van der Waals surface area contributed by atoms with Crippen molar-refractivity contribution < 1.29 is 23.1 Å². The lowest BCUT2D eigenvalue weighted by Gasteiger charge is -2.37. The Hall–Kier alpha value is -2.09. The van der Waals surface area contributed by atoms with E-state index >= 15 is 0 Å². The molecule has 0 aliphatic heterocycles. The molecule has 3 rings (SSSR count). The summed E-state index contributed by atoms with van der Waals surface area (Å²) in [5, 5.41) is 14.3. The lowest BCUT2D eigenvalue weighted by molar-refractivity contribution is -0.137. The van der Waals surface area contributed by atoms with Gasteiger partial charge >= 0.3 is 6.18 Å². The number of hydrogen-bond donors (Lipinski definition) is 2. The van der Waals surface area contributed by atoms with Crippen molar-refractivity contribution in [2.75, 3.05) is 10.8 Å². The second kappa shape index (κ2) is 10.5. The Morgan fingerprint density at radius 1 is 1.10 bits per heavy atom. The molecule has 1 aliphatic rings. The number of anilines is 1. The second-order valence-corrected chi connectivity index (χ2v) is 8.01. The van der Waals surface area contributed by atoms with Crippen LogP contribution in [0, 0.1) is 0 Å². The SMILES string of the molecule is O=C(CCl)N(c1cccc(C(F)(F)F)c1)C(c1ccccc1)C(O)NC1CCCCC1. The minimum Gasteiger partial charge on any atom is -0.376 e. The summed E-state index contributed by atoms with van der Waals surface area (Å²) in [5.74, 6) is -1.03. The molecular formula is C23H26ClF3N2O2. The number of nitrogens with zero attached hydrogens (tertiary/aromatic N) is 1. The van der Waals surface area contributed by atoms with E-state index < -0.39 is 35.8 Å². The molecule has 2 unspecified atom stereocenters. The number of carbonyl (C=O) groups is 1. The van der Waals surface area contributed by atoms with E-state index in [0.717, 1.165) is 49.1 Å². The summed E-state index contributed by atoms with van der Waals surface area (Å²) in [7, 11) is 0. The smallest absolute Gasteiger partial charge is 0.376 e. The van der Waals surface area contributed by atoms with Gasteiger partial charge < -0.3 is 5.11 Å². The van der Waals surface area contributed by atoms with Crippen molar-refractivity contribution in [1.82, 2.24) is 5.32 Å². The van der Waals surface area contributed by atoms with Crippen LogP contribution in [0.15, 0.2) is 54.6 Å². The number of nitrogens with one attached hydrogen (secondary N) is 1. The molecule has 0 aromatic heterocycles. The molecule has 4 nitrogen and oxygen atoms in total. The fraction of sp³-hybridized carbons (Fsp3) is 0.435. The van der Waals surface area contributed by atoms with Gasteiger partial charge in [-0.3, -0.25) is 15.0 Å². The highest BCUT2D eigenvalue weighted by molar-refractivity contribution is 6.29. The van der Waals surface area contributed by atoms with Crippen molar-refractivity contribution in [2.45, 2.75) is 56.6 Å². The van der Waals surface area contributed by atoms with Crippen LogP contribution < -0.4 is 10.2 Å². The Morgan fingerprint density at radius 2 is 1.77 bits per heavy atom. The lowest BCUT2D eigenvalue weighted by Crippen LogP contribution is -2.50. The van der Waals surface area contributed by atoms with E-state index in [1.54, 1.807) is 30.3 Å². The maximum atomic E-state index is 13.3. The Balaban J connectivity index is 2.03. The van der Waals surface area contributed by atoms with Gasteiger partial charge in [0.1, 0.15) is 18.1 Å². The number of carbonyl (C=O) groups excluding carboxylic acids is 1. The van der Waals surface area contributed by atoms with Crippen LogP contribution in [-0.4, -0.2) is 29.2 Å². The van der Waals surface area contributed by atoms with Gasteiger partial charge in [0.05, 0.1) is 5.56 Å². The third kappa shape index (κ3) is 5.99. The van der Waals surface area contributed by atoms with E-state index in [1.807, 2.05) is 0 Å². The van der Waals surface area contributed by atoms with E-state index in [-0.39, 0.29) is 11.7 Å². The number of alkyl halides is 4. The topological polar surface area (TPSA) is 52.6 Å². The molecule has 0 radical (unpaired) electrons. The number of aliphatic hydroxyl groups is 1. The molecule has 1 aliphatic carbocycles. The maximum absolute atomic E-state index is 13.3. The molecule has 31 heavy (non-hydrogen) atoms. The first kappa shape index (κ1) is 23.6. The normalized spacial score (nSPS) is 17.2. The lowest BCUT2D eigenvalue weighted by atomic mass is 9.94. The fourth-order valence-electron chi connectivity index (χ4n) is 4.08. The first-order valence-corrected chi connectivity index (χ1v) is 10.9. The second-order valence-electron chi connectivity index (χ2n) is 7.75. The number of halogens is 4. The molecule has 8 heteroatoms. The Kier molecular flexibility index (Phi) is 7.97. The molecule has 0 spiro atoms. The van der Waals surface area contributed by atoms with Crippen LogP contribution in [0.2, 0.25) is 0 Å². The summed E-state index contributed by atoms with van der Waals surface area (Å²) in [6.07, 6.45) is -0.745. The minimum absolute atomic E-state index is 0.0267. The monoisotopic (exact) mass is 454 g/mol. The van der Waals surface area contributed by atoms with Gasteiger partial charge in [-0.05, 0) is 36.6 Å². The number of hydrogen-bond acceptors (Lipinski definition) is 3. The van der Waals surface area contributed by atoms with Crippen LogP contribution in [0.25, 0.3) is 0 Å². The van der Waals surface area contributed by atoms with Crippen molar-refractivity contribution in [3.05, 3.63) is 65.7 Å². The fourth-order valence-corrected chi connectivity index (χ4v) is 4.21. The third-order valence-corrected chi connectivity index (χ3v) is 5.79. The molecule has 0 saturated heterocycles. The van der Waals surface area contributed by atoms with Crippen LogP contribution in [0.4, 0.5) is 18.9 Å². The predicted molar refractivity (Wildman–Crippen MR) is 115 cm³/mol. The molecule has 1 fully saturated rings. The van der Waals surface area contributed by atoms with E-state index in [2.05, 4.69) is 5.32 Å². The van der Waals surface area contributed by atoms with Gasteiger partial charge in [0.25, 0.3) is 0 Å². The van der Waals surface area contributed by atoms with Crippen molar-refractivity contribution in [3.63, 3.8) is 0 Å². The van der Waals surface area contributed by atoms with Gasteiger partial charge in [0.2, 0.25) is 5.91 Å². The number of rotatable bonds is 7. The quantitative estimate of drug-likeness (QED) is 0.443. The summed E-state index contributed by atoms with van der Waals surface area (Å²) < 4.78 is 39.9. The molecular weight excluding hydrogens is 429 g/mol. The van der Waals surface area contributed by atoms with Crippen molar-refractivity contribution in [1.29, 1.82) is 0 Å². The highest BCUT2D eigenvalue weighted by Crippen LogP contribution is 2.35. The molecule has 2 aromatic rings. The van der Waals surface area contributed by atoms with E-state index in [9.17, 15) is 23.1 Å². The number of aliphatic hydroxyl groups excluding tert-OH is 1. The molecule has 0 heterocycles. The summed E-state index contributed by atoms with van der Waals surface area (Å²) in [5.41, 5.74) is -0.257. The zero-order chi connectivity index (χ0) is 22.4. The maximum Gasteiger partial charge on any atom is 0.416 e. The zero-order valence-electron chi connectivity index (χ0n) is 17.0. The van der Waals surface area contributed by atoms with Crippen LogP contribution in [-0.2, 0) is 11.0 Å². The third-order valence-electron chi connectivity index (χ3n) is 5.56. The van der Waals surface area contributed by atoms with Gasteiger partial charge in [-0.2, -0.15) is 13.2 Å². The minimum atomic E-state index is -4.56. The van der Waals surface area contributed by atoms with E-state index in [4.69, 9.17) is 11.6 Å². The average Bonchev–Trinajstić information content (AvgIpc) is 2.77. The van der Waals surface area contributed by atoms with E-state index in [1.165, 1.54) is 12.1 Å². The van der Waals surface area contributed by atoms with Crippen LogP contribution in [0.5, 0.6) is 0 Å². The first-order chi connectivity index (χ1) is 14.8. The number of amides is 1. The molecule has 2 aromatic carbocycles. The van der Waals surface area contributed by atoms with Crippen molar-refractivity contribution in [2.24, 2.45) is 0 Å². The summed E-state index contributed by atoms with van der Waals surface area (Å²) in [4.78, 5) is 14.0. The standard InChI is InChI=1S/C23H26ClF3N2O2/c24-15-20(30)29(19-13-7-10-17(14-19)23(25,26)27)21(16-8-3-1-4-9-16)22(31)28-18-11-5-2-6-12-18/h1,3-4,7-10,13-14,18,21-22,28,31H,2,5-6,11-12,15H2.